The molecule has 0 bridgehead atoms. The van der Waals surface area contributed by atoms with Crippen molar-refractivity contribution in [3.63, 3.8) is 0 Å². The Labute approximate surface area is 156 Å². The number of para-hydroxylation sites is 2. The molecule has 118 valence electrons. The number of benzene rings is 3. The Hall–Kier alpha value is -1.95. The minimum Gasteiger partial charge on any atom is -0.341 e. The topological polar surface area (TPSA) is 15.3 Å². The normalized spacial score (nSPS) is 12.3. The van der Waals surface area contributed by atoms with E-state index < -0.39 is 0 Å². The van der Waals surface area contributed by atoms with Crippen LogP contribution in [0, 0.1) is 0 Å². The predicted molar refractivity (Wildman–Crippen MR) is 110 cm³/mol. The molecule has 3 aromatic carbocycles. The Morgan fingerprint density at radius 3 is 1.92 bits per heavy atom. The Bertz CT molecular complexity index is 861. The molecule has 0 unspecified atom stereocenters. The van der Waals surface area contributed by atoms with Gasteiger partial charge < -0.3 is 10.2 Å². The van der Waals surface area contributed by atoms with Crippen LogP contribution in [0.5, 0.6) is 0 Å². The molecule has 0 saturated heterocycles. The van der Waals surface area contributed by atoms with Gasteiger partial charge in [-0.25, -0.2) is 0 Å². The van der Waals surface area contributed by atoms with Crippen molar-refractivity contribution in [2.24, 2.45) is 0 Å². The number of hydrogen-bond donors (Lipinski definition) is 2. The van der Waals surface area contributed by atoms with Gasteiger partial charge >= 0.3 is 0 Å². The van der Waals surface area contributed by atoms with Crippen molar-refractivity contribution in [2.45, 2.75) is 9.79 Å². The highest BCUT2D eigenvalue weighted by Gasteiger charge is 2.23. The van der Waals surface area contributed by atoms with Gasteiger partial charge in [0.05, 0.1) is 11.4 Å². The minimum absolute atomic E-state index is 0.466. The molecule has 4 rings (SSSR count). The van der Waals surface area contributed by atoms with E-state index in [9.17, 15) is 0 Å². The average molecular weight is 367 g/mol. The molecule has 1 N–H and O–H groups in total. The van der Waals surface area contributed by atoms with Gasteiger partial charge in [-0.05, 0) is 48.5 Å². The smallest absolute Gasteiger partial charge is 0.135 e. The lowest BCUT2D eigenvalue weighted by Gasteiger charge is -2.32. The summed E-state index contributed by atoms with van der Waals surface area (Å²) in [6, 6.07) is 25.2. The van der Waals surface area contributed by atoms with E-state index in [4.69, 9.17) is 12.2 Å². The second-order valence-corrected chi connectivity index (χ2v) is 7.59. The molecule has 0 amide bonds. The summed E-state index contributed by atoms with van der Waals surface area (Å²) in [6.45, 7) is 0. The van der Waals surface area contributed by atoms with Gasteiger partial charge in [0.15, 0.2) is 0 Å². The van der Waals surface area contributed by atoms with E-state index in [0.717, 1.165) is 11.4 Å². The molecule has 0 atom stereocenters. The summed E-state index contributed by atoms with van der Waals surface area (Å²) in [7, 11) is 0. The van der Waals surface area contributed by atoms with Gasteiger partial charge in [0.25, 0.3) is 0 Å². The maximum Gasteiger partial charge on any atom is 0.135 e. The predicted octanol–water partition coefficient (Wildman–Crippen LogP) is 6.25. The van der Waals surface area contributed by atoms with Gasteiger partial charge in [-0.3, -0.25) is 0 Å². The third kappa shape index (κ3) is 2.90. The highest BCUT2D eigenvalue weighted by molar-refractivity contribution is 8.11. The van der Waals surface area contributed by atoms with Crippen molar-refractivity contribution in [3.8, 4) is 0 Å². The molecule has 1 aliphatic heterocycles. The number of rotatable bonds is 2. The van der Waals surface area contributed by atoms with Crippen molar-refractivity contribution in [2.75, 3.05) is 10.2 Å². The number of fused-ring (bicyclic) bond motifs is 2. The zero-order chi connectivity index (χ0) is 16.5. The molecule has 0 fully saturated rings. The second-order valence-electron chi connectivity index (χ2n) is 5.35. The number of hydrogen-bond acceptors (Lipinski definition) is 3. The zero-order valence-electron chi connectivity index (χ0n) is 12.6. The fraction of sp³-hybridized carbons (Fsp3) is 0. The van der Waals surface area contributed by atoms with E-state index in [1.54, 1.807) is 0 Å². The highest BCUT2D eigenvalue weighted by atomic mass is 32.2. The van der Waals surface area contributed by atoms with Crippen LogP contribution in [-0.4, -0.2) is 4.32 Å². The molecular weight excluding hydrogens is 352 g/mol. The van der Waals surface area contributed by atoms with E-state index in [2.05, 4.69) is 83.5 Å². The third-order valence-corrected chi connectivity index (χ3v) is 5.15. The largest absolute Gasteiger partial charge is 0.341 e. The molecule has 1 heterocycles. The van der Waals surface area contributed by atoms with E-state index in [-0.39, 0.29) is 0 Å². The van der Waals surface area contributed by atoms with E-state index >= 15 is 0 Å². The minimum atomic E-state index is 0.466. The van der Waals surface area contributed by atoms with Gasteiger partial charge in [0.2, 0.25) is 0 Å². The maximum absolute atomic E-state index is 4.98. The molecule has 3 aromatic rings. The first-order valence-electron chi connectivity index (χ1n) is 7.48. The number of thiol groups is 1. The molecule has 0 saturated carbocycles. The van der Waals surface area contributed by atoms with Crippen LogP contribution in [0.25, 0.3) is 0 Å². The molecule has 1 aliphatic rings. The molecule has 5 heteroatoms. The van der Waals surface area contributed by atoms with Crippen LogP contribution in [0.2, 0.25) is 0 Å². The first-order valence-corrected chi connectivity index (χ1v) is 9.15. The SMILES string of the molecule is S=C(S)Nc1ccc(N2c3ccccc3Sc3ccccc32)cc1. The molecule has 24 heavy (non-hydrogen) atoms. The Kier molecular flexibility index (Phi) is 4.22. The summed E-state index contributed by atoms with van der Waals surface area (Å²) in [5, 5.41) is 3.05. The Balaban J connectivity index is 1.81. The Morgan fingerprint density at radius 2 is 1.38 bits per heavy atom. The summed E-state index contributed by atoms with van der Waals surface area (Å²) in [5.41, 5.74) is 4.45. The maximum atomic E-state index is 4.98. The fourth-order valence-corrected chi connectivity index (χ4v) is 4.10. The van der Waals surface area contributed by atoms with E-state index in [1.807, 2.05) is 23.9 Å². The van der Waals surface area contributed by atoms with Gasteiger partial charge in [-0.15, -0.1) is 12.6 Å². The van der Waals surface area contributed by atoms with Gasteiger partial charge in [0, 0.05) is 21.2 Å². The van der Waals surface area contributed by atoms with Crippen LogP contribution in [0.4, 0.5) is 22.7 Å². The second kappa shape index (κ2) is 6.51. The van der Waals surface area contributed by atoms with E-state index in [0.29, 0.717) is 4.32 Å². The number of anilines is 4. The lowest BCUT2D eigenvalue weighted by atomic mass is 10.1. The molecule has 0 radical (unpaired) electrons. The molecule has 0 spiro atoms. The number of thiocarbonyl (C=S) groups is 1. The van der Waals surface area contributed by atoms with Crippen LogP contribution < -0.4 is 10.2 Å². The fourth-order valence-electron chi connectivity index (χ4n) is 2.80. The lowest BCUT2D eigenvalue weighted by Crippen LogP contribution is -2.14. The van der Waals surface area contributed by atoms with Crippen LogP contribution in [0.1, 0.15) is 0 Å². The summed E-state index contributed by atoms with van der Waals surface area (Å²) in [4.78, 5) is 4.81. The van der Waals surface area contributed by atoms with Crippen LogP contribution in [-0.2, 0) is 0 Å². The molecular formula is C19H14N2S3. The highest BCUT2D eigenvalue weighted by Crippen LogP contribution is 2.51. The van der Waals surface area contributed by atoms with Crippen molar-refractivity contribution in [1.82, 2.24) is 0 Å². The first-order chi connectivity index (χ1) is 11.7. The number of nitrogens with one attached hydrogen (secondary N) is 1. The van der Waals surface area contributed by atoms with Crippen LogP contribution in [0.15, 0.2) is 82.6 Å². The van der Waals surface area contributed by atoms with Crippen molar-refractivity contribution < 1.29 is 0 Å². The van der Waals surface area contributed by atoms with Crippen LogP contribution >= 0.6 is 36.6 Å². The summed E-state index contributed by atoms with van der Waals surface area (Å²) in [5.74, 6) is 0. The summed E-state index contributed by atoms with van der Waals surface area (Å²) >= 11 is 10.9. The zero-order valence-corrected chi connectivity index (χ0v) is 15.2. The van der Waals surface area contributed by atoms with Crippen LogP contribution in [0.3, 0.4) is 0 Å². The molecule has 0 aromatic heterocycles. The monoisotopic (exact) mass is 366 g/mol. The van der Waals surface area contributed by atoms with Crippen molar-refractivity contribution in [1.29, 1.82) is 0 Å². The van der Waals surface area contributed by atoms with Crippen molar-refractivity contribution >= 4 is 63.7 Å². The summed E-state index contributed by atoms with van der Waals surface area (Å²) < 4.78 is 0.466. The number of nitrogens with zero attached hydrogens (tertiary/aromatic N) is 1. The summed E-state index contributed by atoms with van der Waals surface area (Å²) in [6.07, 6.45) is 0. The molecule has 0 aliphatic carbocycles. The Morgan fingerprint density at radius 1 is 0.833 bits per heavy atom. The van der Waals surface area contributed by atoms with Gasteiger partial charge in [-0.2, -0.15) is 0 Å². The molecule has 2 nitrogen and oxygen atoms in total. The standard InChI is InChI=1S/C19H14N2S3/c22-19(23)20-13-9-11-14(12-10-13)21-15-5-1-3-7-17(15)24-18-8-4-2-6-16(18)21/h1-12H,(H2,20,22,23). The quantitative estimate of drug-likeness (QED) is 0.322. The average Bonchev–Trinajstić information content (AvgIpc) is 2.60. The van der Waals surface area contributed by atoms with Crippen molar-refractivity contribution in [3.05, 3.63) is 72.8 Å². The third-order valence-electron chi connectivity index (χ3n) is 3.81. The first kappa shape index (κ1) is 15.6. The van der Waals surface area contributed by atoms with E-state index in [1.165, 1.54) is 21.2 Å². The lowest BCUT2D eigenvalue weighted by molar-refractivity contribution is 1.17. The van der Waals surface area contributed by atoms with Gasteiger partial charge in [0.1, 0.15) is 4.32 Å². The van der Waals surface area contributed by atoms with Gasteiger partial charge in [-0.1, -0.05) is 48.2 Å².